The summed E-state index contributed by atoms with van der Waals surface area (Å²) < 4.78 is 0. The minimum Gasteiger partial charge on any atom is -0.352 e. The molecule has 0 unspecified atom stereocenters. The molecule has 0 radical (unpaired) electrons. The summed E-state index contributed by atoms with van der Waals surface area (Å²) in [6, 6.07) is 11.4. The van der Waals surface area contributed by atoms with E-state index in [1.165, 1.54) is 12.4 Å². The fourth-order valence-corrected chi connectivity index (χ4v) is 2.42. The van der Waals surface area contributed by atoms with E-state index in [0.717, 1.165) is 17.5 Å². The molecule has 26 heavy (non-hydrogen) atoms. The van der Waals surface area contributed by atoms with E-state index in [0.29, 0.717) is 29.6 Å². The van der Waals surface area contributed by atoms with Crippen molar-refractivity contribution in [2.75, 3.05) is 11.9 Å². The third-order valence-electron chi connectivity index (χ3n) is 3.70. The van der Waals surface area contributed by atoms with Crippen LogP contribution in [0.3, 0.4) is 0 Å². The highest BCUT2D eigenvalue weighted by molar-refractivity contribution is 6.30. The first-order valence-corrected chi connectivity index (χ1v) is 8.56. The van der Waals surface area contributed by atoms with Crippen LogP contribution in [0.5, 0.6) is 0 Å². The molecule has 0 aliphatic heterocycles. The summed E-state index contributed by atoms with van der Waals surface area (Å²) in [4.78, 5) is 24.5. The van der Waals surface area contributed by atoms with Crippen molar-refractivity contribution in [2.45, 2.75) is 13.0 Å². The SMILES string of the molecule is O=C(NCCc1ccc(Cl)cc1)c1cnc(NCc2cccnc2)nc1. The molecule has 3 aromatic rings. The Bertz CT molecular complexity index is 838. The quantitative estimate of drug-likeness (QED) is 0.670. The number of rotatable bonds is 7. The van der Waals surface area contributed by atoms with Crippen LogP contribution < -0.4 is 10.6 Å². The van der Waals surface area contributed by atoms with Crippen LogP contribution >= 0.6 is 11.6 Å². The first kappa shape index (κ1) is 17.8. The highest BCUT2D eigenvalue weighted by atomic mass is 35.5. The van der Waals surface area contributed by atoms with Crippen LogP contribution in [0.4, 0.5) is 5.95 Å². The van der Waals surface area contributed by atoms with Crippen molar-refractivity contribution >= 4 is 23.5 Å². The Balaban J connectivity index is 1.46. The fraction of sp³-hybridized carbons (Fsp3) is 0.158. The number of nitrogens with zero attached hydrogens (tertiary/aromatic N) is 3. The van der Waals surface area contributed by atoms with Gasteiger partial charge in [-0.05, 0) is 35.7 Å². The molecule has 0 aliphatic carbocycles. The molecule has 0 saturated carbocycles. The third-order valence-corrected chi connectivity index (χ3v) is 3.95. The van der Waals surface area contributed by atoms with Crippen molar-refractivity contribution in [1.82, 2.24) is 20.3 Å². The van der Waals surface area contributed by atoms with Gasteiger partial charge in [0.15, 0.2) is 0 Å². The van der Waals surface area contributed by atoms with Crippen molar-refractivity contribution < 1.29 is 4.79 Å². The summed E-state index contributed by atoms with van der Waals surface area (Å²) in [5.41, 5.74) is 2.56. The average molecular weight is 368 g/mol. The van der Waals surface area contributed by atoms with Crippen molar-refractivity contribution in [3.8, 4) is 0 Å². The Kier molecular flexibility index (Phi) is 6.11. The minimum atomic E-state index is -0.197. The second kappa shape index (κ2) is 8.92. The number of benzene rings is 1. The summed E-state index contributed by atoms with van der Waals surface area (Å²) in [6.07, 6.45) is 7.25. The Labute approximate surface area is 156 Å². The highest BCUT2D eigenvalue weighted by Gasteiger charge is 2.07. The zero-order chi connectivity index (χ0) is 18.2. The molecule has 0 bridgehead atoms. The lowest BCUT2D eigenvalue weighted by molar-refractivity contribution is 0.0953. The molecule has 0 aliphatic rings. The Morgan fingerprint density at radius 2 is 1.77 bits per heavy atom. The van der Waals surface area contributed by atoms with E-state index in [1.807, 2.05) is 36.4 Å². The number of halogens is 1. The number of nitrogens with one attached hydrogen (secondary N) is 2. The van der Waals surface area contributed by atoms with Crippen molar-refractivity contribution in [1.29, 1.82) is 0 Å². The van der Waals surface area contributed by atoms with Gasteiger partial charge in [-0.15, -0.1) is 0 Å². The maximum Gasteiger partial charge on any atom is 0.254 e. The van der Waals surface area contributed by atoms with E-state index in [4.69, 9.17) is 11.6 Å². The van der Waals surface area contributed by atoms with Gasteiger partial charge in [-0.2, -0.15) is 0 Å². The van der Waals surface area contributed by atoms with Gasteiger partial charge in [-0.25, -0.2) is 9.97 Å². The van der Waals surface area contributed by atoms with Gasteiger partial charge >= 0.3 is 0 Å². The molecule has 7 heteroatoms. The number of amides is 1. The van der Waals surface area contributed by atoms with Crippen molar-refractivity contribution in [3.63, 3.8) is 0 Å². The Morgan fingerprint density at radius 3 is 2.46 bits per heavy atom. The van der Waals surface area contributed by atoms with Crippen molar-refractivity contribution in [2.24, 2.45) is 0 Å². The molecule has 2 aromatic heterocycles. The zero-order valence-electron chi connectivity index (χ0n) is 14.0. The number of anilines is 1. The minimum absolute atomic E-state index is 0.197. The van der Waals surface area contributed by atoms with E-state index in [-0.39, 0.29) is 5.91 Å². The molecule has 132 valence electrons. The fourth-order valence-electron chi connectivity index (χ4n) is 2.29. The third kappa shape index (κ3) is 5.26. The molecular formula is C19H18ClN5O. The van der Waals surface area contributed by atoms with Crippen LogP contribution in [0.2, 0.25) is 5.02 Å². The Morgan fingerprint density at radius 1 is 1.00 bits per heavy atom. The molecule has 3 rings (SSSR count). The first-order chi connectivity index (χ1) is 12.7. The van der Waals surface area contributed by atoms with Crippen LogP contribution in [-0.2, 0) is 13.0 Å². The standard InChI is InChI=1S/C19H18ClN5O/c20-17-5-3-14(4-6-17)7-9-22-18(26)16-12-24-19(25-13-16)23-11-15-2-1-8-21-10-15/h1-6,8,10,12-13H,7,9,11H2,(H,22,26)(H,23,24,25). The monoisotopic (exact) mass is 367 g/mol. The number of hydrogen-bond acceptors (Lipinski definition) is 5. The van der Waals surface area contributed by atoms with Gasteiger partial charge in [0.1, 0.15) is 0 Å². The van der Waals surface area contributed by atoms with Gasteiger partial charge in [0, 0.05) is 42.9 Å². The second-order valence-corrected chi connectivity index (χ2v) is 6.08. The van der Waals surface area contributed by atoms with E-state index in [1.54, 1.807) is 12.4 Å². The molecule has 0 atom stereocenters. The molecule has 1 amide bonds. The first-order valence-electron chi connectivity index (χ1n) is 8.18. The number of carbonyl (C=O) groups is 1. The Hall–Kier alpha value is -2.99. The normalized spacial score (nSPS) is 10.3. The number of aromatic nitrogens is 3. The predicted octanol–water partition coefficient (Wildman–Crippen LogP) is 3.11. The van der Waals surface area contributed by atoms with Gasteiger partial charge in [0.2, 0.25) is 5.95 Å². The van der Waals surface area contributed by atoms with Gasteiger partial charge in [0.25, 0.3) is 5.91 Å². The van der Waals surface area contributed by atoms with Crippen LogP contribution in [-0.4, -0.2) is 27.4 Å². The summed E-state index contributed by atoms with van der Waals surface area (Å²) in [5.74, 6) is 0.268. The summed E-state index contributed by atoms with van der Waals surface area (Å²) in [5, 5.41) is 6.65. The second-order valence-electron chi connectivity index (χ2n) is 5.64. The van der Waals surface area contributed by atoms with E-state index >= 15 is 0 Å². The van der Waals surface area contributed by atoms with E-state index in [2.05, 4.69) is 25.6 Å². The lowest BCUT2D eigenvalue weighted by atomic mass is 10.1. The molecule has 6 nitrogen and oxygen atoms in total. The van der Waals surface area contributed by atoms with Gasteiger partial charge in [-0.1, -0.05) is 29.8 Å². The molecule has 0 spiro atoms. The number of hydrogen-bond donors (Lipinski definition) is 2. The van der Waals surface area contributed by atoms with Crippen LogP contribution in [0.1, 0.15) is 21.5 Å². The number of pyridine rings is 1. The van der Waals surface area contributed by atoms with Crippen molar-refractivity contribution in [3.05, 3.63) is 82.9 Å². The zero-order valence-corrected chi connectivity index (χ0v) is 14.8. The van der Waals surface area contributed by atoms with E-state index in [9.17, 15) is 4.79 Å². The topological polar surface area (TPSA) is 79.8 Å². The molecular weight excluding hydrogens is 350 g/mol. The largest absolute Gasteiger partial charge is 0.352 e. The molecule has 1 aromatic carbocycles. The van der Waals surface area contributed by atoms with Gasteiger partial charge in [-0.3, -0.25) is 9.78 Å². The lowest BCUT2D eigenvalue weighted by Gasteiger charge is -2.07. The van der Waals surface area contributed by atoms with Crippen LogP contribution in [0.25, 0.3) is 0 Å². The summed E-state index contributed by atoms with van der Waals surface area (Å²) >= 11 is 5.85. The predicted molar refractivity (Wildman–Crippen MR) is 101 cm³/mol. The average Bonchev–Trinajstić information content (AvgIpc) is 2.69. The van der Waals surface area contributed by atoms with Crippen LogP contribution in [0, 0.1) is 0 Å². The number of carbonyl (C=O) groups excluding carboxylic acids is 1. The molecule has 0 fully saturated rings. The molecule has 2 N–H and O–H groups in total. The van der Waals surface area contributed by atoms with E-state index < -0.39 is 0 Å². The maximum atomic E-state index is 12.1. The molecule has 0 saturated heterocycles. The van der Waals surface area contributed by atoms with Gasteiger partial charge < -0.3 is 10.6 Å². The smallest absolute Gasteiger partial charge is 0.254 e. The summed E-state index contributed by atoms with van der Waals surface area (Å²) in [7, 11) is 0. The summed E-state index contributed by atoms with van der Waals surface area (Å²) in [6.45, 7) is 1.10. The van der Waals surface area contributed by atoms with Crippen LogP contribution in [0.15, 0.2) is 61.2 Å². The molecule has 2 heterocycles. The highest BCUT2D eigenvalue weighted by Crippen LogP contribution is 2.09. The lowest BCUT2D eigenvalue weighted by Crippen LogP contribution is -2.26. The van der Waals surface area contributed by atoms with Gasteiger partial charge in [0.05, 0.1) is 5.56 Å². The maximum absolute atomic E-state index is 12.1.